The molecular weight excluding hydrogens is 291 g/mol. The standard InChI is InChI=1S/C13H16F3NO2S/c1-2-7-17(9-12(18)19)8-10-3-5-11(6-4-10)20-13(14,15)16/h3-6H,2,7-9H2,1H3,(H,18,19). The zero-order valence-electron chi connectivity index (χ0n) is 11.0. The molecule has 0 unspecified atom stereocenters. The predicted molar refractivity (Wildman–Crippen MR) is 71.6 cm³/mol. The van der Waals surface area contributed by atoms with Gasteiger partial charge in [-0.1, -0.05) is 19.1 Å². The van der Waals surface area contributed by atoms with Crippen molar-refractivity contribution < 1.29 is 23.1 Å². The summed E-state index contributed by atoms with van der Waals surface area (Å²) in [5, 5.41) is 8.79. The van der Waals surface area contributed by atoms with E-state index in [1.165, 1.54) is 12.1 Å². The molecule has 1 aromatic rings. The van der Waals surface area contributed by atoms with Crippen molar-refractivity contribution in [3.05, 3.63) is 29.8 Å². The van der Waals surface area contributed by atoms with Crippen LogP contribution in [-0.4, -0.2) is 34.6 Å². The highest BCUT2D eigenvalue weighted by Crippen LogP contribution is 2.36. The molecule has 0 amide bonds. The molecule has 0 atom stereocenters. The summed E-state index contributed by atoms with van der Waals surface area (Å²) < 4.78 is 36.6. The Hall–Kier alpha value is -1.21. The highest BCUT2D eigenvalue weighted by atomic mass is 32.2. The summed E-state index contributed by atoms with van der Waals surface area (Å²) in [6.07, 6.45) is 0.815. The van der Waals surface area contributed by atoms with Crippen LogP contribution in [0.4, 0.5) is 13.2 Å². The van der Waals surface area contributed by atoms with Gasteiger partial charge >= 0.3 is 11.5 Å². The van der Waals surface area contributed by atoms with Crippen LogP contribution in [0, 0.1) is 0 Å². The maximum Gasteiger partial charge on any atom is 0.446 e. The fourth-order valence-corrected chi connectivity index (χ4v) is 2.32. The minimum Gasteiger partial charge on any atom is -0.480 e. The lowest BCUT2D eigenvalue weighted by molar-refractivity contribution is -0.138. The molecule has 0 heterocycles. The maximum atomic E-state index is 12.2. The highest BCUT2D eigenvalue weighted by molar-refractivity contribution is 8.00. The zero-order chi connectivity index (χ0) is 15.2. The van der Waals surface area contributed by atoms with Gasteiger partial charge in [-0.25, -0.2) is 0 Å². The topological polar surface area (TPSA) is 40.5 Å². The monoisotopic (exact) mass is 307 g/mol. The lowest BCUT2D eigenvalue weighted by Crippen LogP contribution is -2.30. The summed E-state index contributed by atoms with van der Waals surface area (Å²) in [5.74, 6) is -0.914. The molecule has 0 saturated carbocycles. The molecule has 0 aliphatic rings. The first-order chi connectivity index (χ1) is 9.30. The van der Waals surface area contributed by atoms with E-state index < -0.39 is 11.5 Å². The van der Waals surface area contributed by atoms with Gasteiger partial charge in [-0.05, 0) is 42.4 Å². The Labute approximate surface area is 119 Å². The average Bonchev–Trinajstić information content (AvgIpc) is 2.29. The molecule has 112 valence electrons. The van der Waals surface area contributed by atoms with Gasteiger partial charge in [0.15, 0.2) is 0 Å². The van der Waals surface area contributed by atoms with Crippen LogP contribution in [0.15, 0.2) is 29.2 Å². The largest absolute Gasteiger partial charge is 0.480 e. The smallest absolute Gasteiger partial charge is 0.446 e. The van der Waals surface area contributed by atoms with E-state index in [1.54, 1.807) is 17.0 Å². The van der Waals surface area contributed by atoms with E-state index >= 15 is 0 Å². The summed E-state index contributed by atoms with van der Waals surface area (Å²) in [4.78, 5) is 12.6. The number of carbonyl (C=O) groups is 1. The first-order valence-electron chi connectivity index (χ1n) is 6.09. The highest BCUT2D eigenvalue weighted by Gasteiger charge is 2.29. The molecule has 0 bridgehead atoms. The predicted octanol–water partition coefficient (Wildman–Crippen LogP) is 3.60. The number of hydrogen-bond acceptors (Lipinski definition) is 3. The first kappa shape index (κ1) is 16.8. The van der Waals surface area contributed by atoms with Crippen LogP contribution in [0.25, 0.3) is 0 Å². The summed E-state index contributed by atoms with van der Waals surface area (Å²) in [6.45, 7) is 2.91. The number of thioether (sulfide) groups is 1. The van der Waals surface area contributed by atoms with Gasteiger partial charge < -0.3 is 5.11 Å². The Bertz CT molecular complexity index is 434. The molecule has 1 aromatic carbocycles. The van der Waals surface area contributed by atoms with E-state index in [0.29, 0.717) is 13.1 Å². The van der Waals surface area contributed by atoms with Gasteiger partial charge in [0.25, 0.3) is 0 Å². The van der Waals surface area contributed by atoms with Crippen LogP contribution in [0.2, 0.25) is 0 Å². The maximum absolute atomic E-state index is 12.2. The second kappa shape index (κ2) is 7.54. The minimum atomic E-state index is -4.29. The van der Waals surface area contributed by atoms with Crippen molar-refractivity contribution in [2.45, 2.75) is 30.3 Å². The van der Waals surface area contributed by atoms with Crippen LogP contribution < -0.4 is 0 Å². The molecule has 0 spiro atoms. The second-order valence-electron chi connectivity index (χ2n) is 4.30. The van der Waals surface area contributed by atoms with Gasteiger partial charge in [0.1, 0.15) is 0 Å². The van der Waals surface area contributed by atoms with Gasteiger partial charge in [0.2, 0.25) is 0 Å². The number of carboxylic acids is 1. The zero-order valence-corrected chi connectivity index (χ0v) is 11.8. The fraction of sp³-hybridized carbons (Fsp3) is 0.462. The van der Waals surface area contributed by atoms with Crippen LogP contribution in [0.3, 0.4) is 0 Å². The summed E-state index contributed by atoms with van der Waals surface area (Å²) in [7, 11) is 0. The van der Waals surface area contributed by atoms with Crippen molar-refractivity contribution in [1.29, 1.82) is 0 Å². The SMILES string of the molecule is CCCN(CC(=O)O)Cc1ccc(SC(F)(F)F)cc1. The normalized spacial score (nSPS) is 11.8. The van der Waals surface area contributed by atoms with E-state index in [-0.39, 0.29) is 23.2 Å². The third-order valence-corrected chi connectivity index (χ3v) is 3.20. The van der Waals surface area contributed by atoms with Gasteiger partial charge in [-0.3, -0.25) is 9.69 Å². The number of halogens is 3. The lowest BCUT2D eigenvalue weighted by atomic mass is 10.2. The molecule has 7 heteroatoms. The number of nitrogens with zero attached hydrogens (tertiary/aromatic N) is 1. The summed E-state index contributed by atoms with van der Waals surface area (Å²) >= 11 is -0.158. The van der Waals surface area contributed by atoms with Crippen molar-refractivity contribution in [2.75, 3.05) is 13.1 Å². The van der Waals surface area contributed by atoms with Crippen molar-refractivity contribution in [3.8, 4) is 0 Å². The Morgan fingerprint density at radius 2 is 1.90 bits per heavy atom. The Morgan fingerprint density at radius 1 is 1.30 bits per heavy atom. The number of carboxylic acid groups (broad SMARTS) is 1. The molecular formula is C13H16F3NO2S. The molecule has 0 aliphatic heterocycles. The third kappa shape index (κ3) is 6.81. The Morgan fingerprint density at radius 3 is 2.35 bits per heavy atom. The molecule has 0 radical (unpaired) electrons. The molecule has 0 fully saturated rings. The Balaban J connectivity index is 2.65. The average molecular weight is 307 g/mol. The van der Waals surface area contributed by atoms with Gasteiger partial charge in [0, 0.05) is 11.4 Å². The molecule has 3 nitrogen and oxygen atoms in total. The van der Waals surface area contributed by atoms with Gasteiger partial charge in [-0.15, -0.1) is 0 Å². The van der Waals surface area contributed by atoms with Crippen molar-refractivity contribution in [2.24, 2.45) is 0 Å². The van der Waals surface area contributed by atoms with Crippen molar-refractivity contribution >= 4 is 17.7 Å². The van der Waals surface area contributed by atoms with Crippen molar-refractivity contribution in [3.63, 3.8) is 0 Å². The van der Waals surface area contributed by atoms with E-state index in [2.05, 4.69) is 0 Å². The molecule has 0 aromatic heterocycles. The quantitative estimate of drug-likeness (QED) is 0.782. The number of rotatable bonds is 7. The lowest BCUT2D eigenvalue weighted by Gasteiger charge is -2.19. The summed E-state index contributed by atoms with van der Waals surface area (Å²) in [6, 6.07) is 5.99. The number of alkyl halides is 3. The van der Waals surface area contributed by atoms with Gasteiger partial charge in [0.05, 0.1) is 6.54 Å². The van der Waals surface area contributed by atoms with Gasteiger partial charge in [-0.2, -0.15) is 13.2 Å². The van der Waals surface area contributed by atoms with Crippen LogP contribution in [-0.2, 0) is 11.3 Å². The molecule has 20 heavy (non-hydrogen) atoms. The molecule has 0 aliphatic carbocycles. The van der Waals surface area contributed by atoms with E-state index in [4.69, 9.17) is 5.11 Å². The molecule has 1 rings (SSSR count). The van der Waals surface area contributed by atoms with Crippen LogP contribution >= 0.6 is 11.8 Å². The third-order valence-electron chi connectivity index (χ3n) is 2.46. The fourth-order valence-electron chi connectivity index (χ4n) is 1.78. The minimum absolute atomic E-state index is 0.0765. The molecule has 0 saturated heterocycles. The summed E-state index contributed by atoms with van der Waals surface area (Å²) in [5.41, 5.74) is -3.50. The van der Waals surface area contributed by atoms with Crippen LogP contribution in [0.1, 0.15) is 18.9 Å². The van der Waals surface area contributed by atoms with E-state index in [0.717, 1.165) is 12.0 Å². The van der Waals surface area contributed by atoms with Crippen molar-refractivity contribution in [1.82, 2.24) is 4.90 Å². The van der Waals surface area contributed by atoms with E-state index in [1.807, 2.05) is 6.92 Å². The Kier molecular flexibility index (Phi) is 6.35. The van der Waals surface area contributed by atoms with Crippen LogP contribution in [0.5, 0.6) is 0 Å². The number of aliphatic carboxylic acids is 1. The number of hydrogen-bond donors (Lipinski definition) is 1. The van der Waals surface area contributed by atoms with E-state index in [9.17, 15) is 18.0 Å². The number of benzene rings is 1. The molecule has 1 N–H and O–H groups in total. The second-order valence-corrected chi connectivity index (χ2v) is 5.43. The first-order valence-corrected chi connectivity index (χ1v) is 6.90.